The monoisotopic (exact) mass is 257 g/mol. The van der Waals surface area contributed by atoms with Crippen molar-refractivity contribution in [1.29, 1.82) is 0 Å². The number of anilines is 1. The van der Waals surface area contributed by atoms with Crippen LogP contribution in [0.15, 0.2) is 42.7 Å². The van der Waals surface area contributed by atoms with Crippen LogP contribution in [0.3, 0.4) is 0 Å². The number of hydrogen-bond donors (Lipinski definition) is 1. The maximum atomic E-state index is 11.7. The molecular weight excluding hydrogens is 242 g/mol. The maximum absolute atomic E-state index is 11.7. The van der Waals surface area contributed by atoms with Gasteiger partial charge in [-0.25, -0.2) is 9.97 Å². The number of methoxy groups -OCH3 is 1. The SMILES string of the molecule is COc1ncc(NC(=O)CCc2ccccc2)cn1. The van der Waals surface area contributed by atoms with E-state index in [1.54, 1.807) is 0 Å². The van der Waals surface area contributed by atoms with Gasteiger partial charge < -0.3 is 10.1 Å². The van der Waals surface area contributed by atoms with Gasteiger partial charge in [0.1, 0.15) is 0 Å². The zero-order chi connectivity index (χ0) is 13.5. The van der Waals surface area contributed by atoms with Gasteiger partial charge in [0.2, 0.25) is 5.91 Å². The van der Waals surface area contributed by atoms with Crippen LogP contribution in [0.1, 0.15) is 12.0 Å². The van der Waals surface area contributed by atoms with Crippen molar-refractivity contribution in [2.75, 3.05) is 12.4 Å². The minimum absolute atomic E-state index is 0.0578. The Kier molecular flexibility index (Phi) is 4.44. The Bertz CT molecular complexity index is 526. The fraction of sp³-hybridized carbons (Fsp3) is 0.214. The highest BCUT2D eigenvalue weighted by atomic mass is 16.5. The summed E-state index contributed by atoms with van der Waals surface area (Å²) in [6.45, 7) is 0. The maximum Gasteiger partial charge on any atom is 0.316 e. The third-order valence-corrected chi connectivity index (χ3v) is 2.58. The van der Waals surface area contributed by atoms with E-state index >= 15 is 0 Å². The predicted octanol–water partition coefficient (Wildman–Crippen LogP) is 2.06. The summed E-state index contributed by atoms with van der Waals surface area (Å²) in [6.07, 6.45) is 4.18. The lowest BCUT2D eigenvalue weighted by molar-refractivity contribution is -0.116. The third kappa shape index (κ3) is 4.06. The molecule has 0 saturated heterocycles. The number of nitrogens with zero attached hydrogens (tertiary/aromatic N) is 2. The predicted molar refractivity (Wildman–Crippen MR) is 72.0 cm³/mol. The van der Waals surface area contributed by atoms with E-state index in [9.17, 15) is 4.79 Å². The standard InChI is InChI=1S/C14H15N3O2/c1-19-14-15-9-12(10-16-14)17-13(18)8-7-11-5-3-2-4-6-11/h2-6,9-10H,7-8H2,1H3,(H,17,18). The lowest BCUT2D eigenvalue weighted by atomic mass is 10.1. The highest BCUT2D eigenvalue weighted by molar-refractivity contribution is 5.90. The normalized spacial score (nSPS) is 9.95. The molecule has 1 aromatic heterocycles. The summed E-state index contributed by atoms with van der Waals surface area (Å²) in [5, 5.41) is 2.74. The Balaban J connectivity index is 1.83. The molecule has 0 unspecified atom stereocenters. The third-order valence-electron chi connectivity index (χ3n) is 2.58. The number of aryl methyl sites for hydroxylation is 1. The molecule has 2 rings (SSSR count). The highest BCUT2D eigenvalue weighted by Crippen LogP contribution is 2.08. The number of rotatable bonds is 5. The van der Waals surface area contributed by atoms with Crippen LogP contribution < -0.4 is 10.1 Å². The van der Waals surface area contributed by atoms with Gasteiger partial charge in [-0.3, -0.25) is 4.79 Å². The van der Waals surface area contributed by atoms with Crippen molar-refractivity contribution in [2.24, 2.45) is 0 Å². The summed E-state index contributed by atoms with van der Waals surface area (Å²) in [7, 11) is 1.49. The second-order valence-corrected chi connectivity index (χ2v) is 3.99. The molecule has 1 amide bonds. The first-order valence-electron chi connectivity index (χ1n) is 5.98. The molecule has 19 heavy (non-hydrogen) atoms. The summed E-state index contributed by atoms with van der Waals surface area (Å²) in [5.74, 6) is -0.0578. The summed E-state index contributed by atoms with van der Waals surface area (Å²) in [4.78, 5) is 19.6. The molecule has 1 aromatic carbocycles. The van der Waals surface area contributed by atoms with Gasteiger partial charge in [-0.15, -0.1) is 0 Å². The second-order valence-electron chi connectivity index (χ2n) is 3.99. The molecule has 0 bridgehead atoms. The molecule has 0 aliphatic carbocycles. The Labute approximate surface area is 111 Å². The van der Waals surface area contributed by atoms with E-state index in [4.69, 9.17) is 4.74 Å². The van der Waals surface area contributed by atoms with Gasteiger partial charge in [-0.1, -0.05) is 30.3 Å². The second kappa shape index (κ2) is 6.49. The molecule has 5 nitrogen and oxygen atoms in total. The molecule has 0 atom stereocenters. The minimum atomic E-state index is -0.0578. The van der Waals surface area contributed by atoms with E-state index in [0.29, 0.717) is 18.5 Å². The number of nitrogens with one attached hydrogen (secondary N) is 1. The van der Waals surface area contributed by atoms with Crippen LogP contribution in [0.2, 0.25) is 0 Å². The Hall–Kier alpha value is -2.43. The number of aromatic nitrogens is 2. The number of hydrogen-bond acceptors (Lipinski definition) is 4. The summed E-state index contributed by atoms with van der Waals surface area (Å²) in [6, 6.07) is 10.2. The van der Waals surface area contributed by atoms with Crippen molar-refractivity contribution in [3.05, 3.63) is 48.3 Å². The van der Waals surface area contributed by atoms with E-state index in [0.717, 1.165) is 5.56 Å². The lowest BCUT2D eigenvalue weighted by Gasteiger charge is -2.05. The summed E-state index contributed by atoms with van der Waals surface area (Å²) in [5.41, 5.74) is 1.71. The molecule has 0 spiro atoms. The molecule has 1 N–H and O–H groups in total. The molecule has 98 valence electrons. The van der Waals surface area contributed by atoms with E-state index in [2.05, 4.69) is 15.3 Å². The zero-order valence-electron chi connectivity index (χ0n) is 10.7. The molecule has 5 heteroatoms. The first-order chi connectivity index (χ1) is 9.28. The largest absolute Gasteiger partial charge is 0.467 e. The highest BCUT2D eigenvalue weighted by Gasteiger charge is 2.04. The number of benzene rings is 1. The molecule has 0 fully saturated rings. The van der Waals surface area contributed by atoms with Crippen molar-refractivity contribution in [1.82, 2.24) is 9.97 Å². The first kappa shape index (κ1) is 13.0. The summed E-state index contributed by atoms with van der Waals surface area (Å²) < 4.78 is 4.84. The fourth-order valence-electron chi connectivity index (χ4n) is 1.61. The Morgan fingerprint density at radius 2 is 1.89 bits per heavy atom. The van der Waals surface area contributed by atoms with Gasteiger partial charge in [0.25, 0.3) is 0 Å². The number of ether oxygens (including phenoxy) is 1. The number of carbonyl (C=O) groups excluding carboxylic acids is 1. The van der Waals surface area contributed by atoms with Crippen molar-refractivity contribution in [2.45, 2.75) is 12.8 Å². The van der Waals surface area contributed by atoms with Crippen LogP contribution in [0.25, 0.3) is 0 Å². The van der Waals surface area contributed by atoms with E-state index in [-0.39, 0.29) is 11.9 Å². The van der Waals surface area contributed by atoms with Crippen LogP contribution in [-0.4, -0.2) is 23.0 Å². The molecule has 0 radical (unpaired) electrons. The van der Waals surface area contributed by atoms with Crippen LogP contribution in [0, 0.1) is 0 Å². The van der Waals surface area contributed by atoms with Gasteiger partial charge in [0.05, 0.1) is 25.2 Å². The van der Waals surface area contributed by atoms with Crippen molar-refractivity contribution < 1.29 is 9.53 Å². The average molecular weight is 257 g/mol. The van der Waals surface area contributed by atoms with E-state index in [1.165, 1.54) is 19.5 Å². The van der Waals surface area contributed by atoms with Gasteiger partial charge >= 0.3 is 6.01 Å². The van der Waals surface area contributed by atoms with Crippen LogP contribution >= 0.6 is 0 Å². The topological polar surface area (TPSA) is 64.1 Å². The first-order valence-corrected chi connectivity index (χ1v) is 5.98. The Morgan fingerprint density at radius 1 is 1.21 bits per heavy atom. The minimum Gasteiger partial charge on any atom is -0.467 e. The molecule has 0 aliphatic heterocycles. The van der Waals surface area contributed by atoms with Gasteiger partial charge in [-0.2, -0.15) is 0 Å². The van der Waals surface area contributed by atoms with Crippen LogP contribution in [0.4, 0.5) is 5.69 Å². The van der Waals surface area contributed by atoms with Gasteiger partial charge in [0, 0.05) is 6.42 Å². The van der Waals surface area contributed by atoms with Crippen LogP contribution in [-0.2, 0) is 11.2 Å². The van der Waals surface area contributed by atoms with Crippen LogP contribution in [0.5, 0.6) is 6.01 Å². The molecular formula is C14H15N3O2. The number of amides is 1. The summed E-state index contributed by atoms with van der Waals surface area (Å²) >= 11 is 0. The molecule has 0 saturated carbocycles. The average Bonchev–Trinajstić information content (AvgIpc) is 2.47. The zero-order valence-corrected chi connectivity index (χ0v) is 10.7. The van der Waals surface area contributed by atoms with E-state index in [1.807, 2.05) is 30.3 Å². The van der Waals surface area contributed by atoms with Gasteiger partial charge in [0.15, 0.2) is 0 Å². The van der Waals surface area contributed by atoms with Gasteiger partial charge in [-0.05, 0) is 12.0 Å². The van der Waals surface area contributed by atoms with E-state index < -0.39 is 0 Å². The van der Waals surface area contributed by atoms with Crippen molar-refractivity contribution in [3.63, 3.8) is 0 Å². The lowest BCUT2D eigenvalue weighted by Crippen LogP contribution is -2.12. The van der Waals surface area contributed by atoms with Crippen molar-refractivity contribution in [3.8, 4) is 6.01 Å². The quantitative estimate of drug-likeness (QED) is 0.890. The molecule has 0 aliphatic rings. The van der Waals surface area contributed by atoms with Crippen molar-refractivity contribution >= 4 is 11.6 Å². The molecule has 2 aromatic rings. The Morgan fingerprint density at radius 3 is 2.53 bits per heavy atom. The smallest absolute Gasteiger partial charge is 0.316 e. The fourth-order valence-corrected chi connectivity index (χ4v) is 1.61. The number of carbonyl (C=O) groups is 1. The molecule has 1 heterocycles.